The molecule has 0 atom stereocenters. The summed E-state index contributed by atoms with van der Waals surface area (Å²) in [5, 5.41) is 8.02. The van der Waals surface area contributed by atoms with Gasteiger partial charge in [-0.15, -0.1) is 0 Å². The van der Waals surface area contributed by atoms with Crippen LogP contribution in [0.1, 0.15) is 13.8 Å². The first kappa shape index (κ1) is 14.0. The molecule has 0 unspecified atom stereocenters. The van der Waals surface area contributed by atoms with Gasteiger partial charge in [-0.2, -0.15) is 0 Å². The number of carbonyl (C=O) groups is 1. The third-order valence-corrected chi connectivity index (χ3v) is 0.871. The zero-order valence-corrected chi connectivity index (χ0v) is 8.10. The average Bonchev–Trinajstić information content (AvgIpc) is 2.07. The van der Waals surface area contributed by atoms with Gasteiger partial charge in [0.25, 0.3) is 0 Å². The predicted octanol–water partition coefficient (Wildman–Crippen LogP) is 2.95. The summed E-state index contributed by atoms with van der Waals surface area (Å²) >= 11 is 0. The summed E-state index contributed by atoms with van der Waals surface area (Å²) in [6.45, 7) is 7.25. The summed E-state index contributed by atoms with van der Waals surface area (Å²) in [5.41, 5.74) is 0. The van der Waals surface area contributed by atoms with Crippen molar-refractivity contribution in [1.82, 2.24) is 0 Å². The van der Waals surface area contributed by atoms with Gasteiger partial charge in [0.15, 0.2) is 0 Å². The van der Waals surface area contributed by atoms with E-state index >= 15 is 0 Å². The van der Waals surface area contributed by atoms with E-state index in [0.717, 1.165) is 6.08 Å². The van der Waals surface area contributed by atoms with Crippen LogP contribution in [0.25, 0.3) is 0 Å². The largest absolute Gasteiger partial charge is 0.478 e. The summed E-state index contributed by atoms with van der Waals surface area (Å²) in [7, 11) is 0. The molecule has 0 amide bonds. The standard InChI is InChI=1S/C6H8O2.C5H8/c1-2-3-4-5-6(7)8;1-3-5-4-2/h2-5H,1H3,(H,7,8);3-5H,1H2,2H3. The highest BCUT2D eigenvalue weighted by Gasteiger charge is 1.78. The fraction of sp³-hybridized carbons (Fsp3) is 0.182. The van der Waals surface area contributed by atoms with Gasteiger partial charge in [0, 0.05) is 6.08 Å². The Kier molecular flexibility index (Phi) is 14.0. The predicted molar refractivity (Wildman–Crippen MR) is 56.6 cm³/mol. The maximum Gasteiger partial charge on any atom is 0.328 e. The van der Waals surface area contributed by atoms with Gasteiger partial charge in [-0.3, -0.25) is 0 Å². The molecule has 0 aromatic heterocycles. The second-order valence-corrected chi connectivity index (χ2v) is 1.98. The van der Waals surface area contributed by atoms with Crippen molar-refractivity contribution in [1.29, 1.82) is 0 Å². The second kappa shape index (κ2) is 13.1. The van der Waals surface area contributed by atoms with Crippen molar-refractivity contribution < 1.29 is 9.90 Å². The van der Waals surface area contributed by atoms with Crippen LogP contribution >= 0.6 is 0 Å². The third kappa shape index (κ3) is 25.1. The first-order valence-electron chi connectivity index (χ1n) is 3.95. The topological polar surface area (TPSA) is 37.3 Å². The lowest BCUT2D eigenvalue weighted by Crippen LogP contribution is -1.83. The van der Waals surface area contributed by atoms with Crippen molar-refractivity contribution in [3.05, 3.63) is 49.1 Å². The number of rotatable bonds is 3. The maximum atomic E-state index is 9.75. The molecule has 0 heterocycles. The van der Waals surface area contributed by atoms with Crippen molar-refractivity contribution in [3.8, 4) is 0 Å². The summed E-state index contributed by atoms with van der Waals surface area (Å²) in [5.74, 6) is -0.914. The SMILES string of the molecule is C=CC=CC.CC=CC=CC(=O)O. The Bertz CT molecular complexity index is 210. The van der Waals surface area contributed by atoms with Gasteiger partial charge in [-0.1, -0.05) is 43.0 Å². The fourth-order valence-electron chi connectivity index (χ4n) is 0.385. The average molecular weight is 180 g/mol. The van der Waals surface area contributed by atoms with Crippen molar-refractivity contribution in [3.63, 3.8) is 0 Å². The van der Waals surface area contributed by atoms with Crippen LogP contribution in [0.15, 0.2) is 49.1 Å². The smallest absolute Gasteiger partial charge is 0.328 e. The molecular formula is C11H16O2. The molecule has 2 heteroatoms. The van der Waals surface area contributed by atoms with Gasteiger partial charge >= 0.3 is 5.97 Å². The lowest BCUT2D eigenvalue weighted by atomic mass is 10.4. The quantitative estimate of drug-likeness (QED) is 0.535. The zero-order valence-electron chi connectivity index (χ0n) is 8.10. The highest BCUT2D eigenvalue weighted by molar-refractivity contribution is 5.80. The molecular weight excluding hydrogens is 164 g/mol. The van der Waals surface area contributed by atoms with E-state index in [1.54, 1.807) is 18.2 Å². The van der Waals surface area contributed by atoms with E-state index in [4.69, 9.17) is 5.11 Å². The van der Waals surface area contributed by atoms with E-state index in [9.17, 15) is 4.79 Å². The molecule has 0 fully saturated rings. The van der Waals surface area contributed by atoms with Crippen LogP contribution in [0.5, 0.6) is 0 Å². The van der Waals surface area contributed by atoms with Gasteiger partial charge in [-0.25, -0.2) is 4.79 Å². The summed E-state index contributed by atoms with van der Waals surface area (Å²) in [6, 6.07) is 0. The number of hydrogen-bond donors (Lipinski definition) is 1. The lowest BCUT2D eigenvalue weighted by Gasteiger charge is -1.72. The third-order valence-electron chi connectivity index (χ3n) is 0.871. The second-order valence-electron chi connectivity index (χ2n) is 1.98. The van der Waals surface area contributed by atoms with Gasteiger partial charge in [-0.05, 0) is 13.8 Å². The van der Waals surface area contributed by atoms with E-state index in [2.05, 4.69) is 6.58 Å². The number of hydrogen-bond acceptors (Lipinski definition) is 1. The van der Waals surface area contributed by atoms with Gasteiger partial charge < -0.3 is 5.11 Å². The van der Waals surface area contributed by atoms with E-state index in [1.165, 1.54) is 6.08 Å². The van der Waals surface area contributed by atoms with Crippen LogP contribution in [0.4, 0.5) is 0 Å². The molecule has 72 valence electrons. The van der Waals surface area contributed by atoms with Crippen molar-refractivity contribution >= 4 is 5.97 Å². The van der Waals surface area contributed by atoms with Crippen LogP contribution in [-0.2, 0) is 4.79 Å². The Labute approximate surface area is 79.6 Å². The van der Waals surface area contributed by atoms with Crippen molar-refractivity contribution in [2.45, 2.75) is 13.8 Å². The molecule has 2 nitrogen and oxygen atoms in total. The van der Waals surface area contributed by atoms with Crippen LogP contribution in [-0.4, -0.2) is 11.1 Å². The Morgan fingerprint density at radius 2 is 1.69 bits per heavy atom. The molecule has 0 aliphatic carbocycles. The van der Waals surface area contributed by atoms with E-state index in [-0.39, 0.29) is 0 Å². The zero-order chi connectivity index (χ0) is 10.5. The molecule has 0 spiro atoms. The highest BCUT2D eigenvalue weighted by Crippen LogP contribution is 1.74. The summed E-state index contributed by atoms with van der Waals surface area (Å²) in [4.78, 5) is 9.75. The molecule has 1 N–H and O–H groups in total. The molecule has 0 rings (SSSR count). The van der Waals surface area contributed by atoms with Crippen LogP contribution in [0, 0.1) is 0 Å². The molecule has 13 heavy (non-hydrogen) atoms. The molecule has 0 aromatic carbocycles. The monoisotopic (exact) mass is 180 g/mol. The molecule has 0 aromatic rings. The number of allylic oxidation sites excluding steroid dienone is 6. The normalized spacial score (nSPS) is 10.3. The van der Waals surface area contributed by atoms with Gasteiger partial charge in [0.2, 0.25) is 0 Å². The Hall–Kier alpha value is -1.57. The first-order valence-corrected chi connectivity index (χ1v) is 3.95. The molecule has 0 saturated heterocycles. The van der Waals surface area contributed by atoms with Crippen LogP contribution in [0.2, 0.25) is 0 Å². The maximum absolute atomic E-state index is 9.75. The minimum absolute atomic E-state index is 0.914. The lowest BCUT2D eigenvalue weighted by molar-refractivity contribution is -0.131. The minimum Gasteiger partial charge on any atom is -0.478 e. The van der Waals surface area contributed by atoms with Crippen LogP contribution in [0.3, 0.4) is 0 Å². The van der Waals surface area contributed by atoms with Crippen molar-refractivity contribution in [2.24, 2.45) is 0 Å². The van der Waals surface area contributed by atoms with E-state index < -0.39 is 5.97 Å². The number of carboxylic acids is 1. The molecule has 0 aliphatic rings. The number of carboxylic acid groups (broad SMARTS) is 1. The van der Waals surface area contributed by atoms with E-state index in [1.807, 2.05) is 26.0 Å². The minimum atomic E-state index is -0.914. The van der Waals surface area contributed by atoms with Crippen molar-refractivity contribution in [2.75, 3.05) is 0 Å². The summed E-state index contributed by atoms with van der Waals surface area (Å²) in [6.07, 6.45) is 11.6. The van der Waals surface area contributed by atoms with Crippen LogP contribution < -0.4 is 0 Å². The van der Waals surface area contributed by atoms with E-state index in [0.29, 0.717) is 0 Å². The molecule has 0 aliphatic heterocycles. The molecule has 0 bridgehead atoms. The molecule has 0 saturated carbocycles. The summed E-state index contributed by atoms with van der Waals surface area (Å²) < 4.78 is 0. The number of aliphatic carboxylic acids is 1. The van der Waals surface area contributed by atoms with Gasteiger partial charge in [0.1, 0.15) is 0 Å². The Balaban J connectivity index is 0. The van der Waals surface area contributed by atoms with Gasteiger partial charge in [0.05, 0.1) is 0 Å². The highest BCUT2D eigenvalue weighted by atomic mass is 16.4. The Morgan fingerprint density at radius 1 is 1.15 bits per heavy atom. The molecule has 0 radical (unpaired) electrons. The Morgan fingerprint density at radius 3 is 1.92 bits per heavy atom. The first-order chi connectivity index (χ1) is 6.18. The fourth-order valence-corrected chi connectivity index (χ4v) is 0.385.